The Balaban J connectivity index is 0.00000116. The molecule has 0 unspecified atom stereocenters. The van der Waals surface area contributed by atoms with Crippen LogP contribution in [-0.2, 0) is 16.7 Å². The average Bonchev–Trinajstić information content (AvgIpc) is 2.49. The summed E-state index contributed by atoms with van der Waals surface area (Å²) >= 11 is 0. The molecule has 0 radical (unpaired) electrons. The Kier molecular flexibility index (Phi) is 6.59. The highest BCUT2D eigenvalue weighted by atomic mass is 32.2. The highest BCUT2D eigenvalue weighted by Gasteiger charge is 2.10. The fraction of sp³-hybridized carbons (Fsp3) is 0.294. The third-order valence-electron chi connectivity index (χ3n) is 3.06. The van der Waals surface area contributed by atoms with Crippen molar-refractivity contribution in [1.29, 1.82) is 0 Å². The highest BCUT2D eigenvalue weighted by Crippen LogP contribution is 2.18. The van der Waals surface area contributed by atoms with Crippen molar-refractivity contribution in [2.45, 2.75) is 32.2 Å². The van der Waals surface area contributed by atoms with Gasteiger partial charge in [-0.05, 0) is 42.3 Å². The molecule has 0 amide bonds. The first kappa shape index (κ1) is 18.2. The number of rotatable bonds is 4. The van der Waals surface area contributed by atoms with Crippen LogP contribution < -0.4 is 4.90 Å². The lowest BCUT2D eigenvalue weighted by Gasteiger charge is -2.20. The zero-order valence-corrected chi connectivity index (χ0v) is 14.3. The summed E-state index contributed by atoms with van der Waals surface area (Å²) < 4.78 is 31.3. The molecule has 0 saturated heterocycles. The summed E-state index contributed by atoms with van der Waals surface area (Å²) in [5.41, 5.74) is 3.05. The molecule has 0 aliphatic carbocycles. The molecule has 4 nitrogen and oxygen atoms in total. The number of aryl methyl sites for hydroxylation is 1. The molecule has 0 fully saturated rings. The Bertz CT molecular complexity index is 711. The maximum Gasteiger partial charge on any atom is 0.294 e. The molecule has 5 heteroatoms. The normalized spacial score (nSPS) is 10.6. The van der Waals surface area contributed by atoms with Gasteiger partial charge in [0.25, 0.3) is 10.1 Å². The summed E-state index contributed by atoms with van der Waals surface area (Å²) in [5, 5.41) is 0. The molecule has 0 atom stereocenters. The van der Waals surface area contributed by atoms with Gasteiger partial charge in [-0.25, -0.2) is 0 Å². The van der Waals surface area contributed by atoms with Gasteiger partial charge in [0.05, 0.1) is 4.90 Å². The Morgan fingerprint density at radius 3 is 2.27 bits per heavy atom. The Labute approximate surface area is 133 Å². The topological polar surface area (TPSA) is 57.6 Å². The first-order valence-corrected chi connectivity index (χ1v) is 8.64. The van der Waals surface area contributed by atoms with E-state index in [1.54, 1.807) is 6.07 Å². The molecular formula is C17H23NO3S. The van der Waals surface area contributed by atoms with Gasteiger partial charge < -0.3 is 4.90 Å². The van der Waals surface area contributed by atoms with Crippen molar-refractivity contribution >= 4 is 15.8 Å². The quantitative estimate of drug-likeness (QED) is 0.868. The smallest absolute Gasteiger partial charge is 0.294 e. The van der Waals surface area contributed by atoms with Gasteiger partial charge in [0.1, 0.15) is 0 Å². The molecule has 2 aromatic rings. The second-order valence-corrected chi connectivity index (χ2v) is 6.24. The molecule has 0 aliphatic rings. The van der Waals surface area contributed by atoms with Crippen molar-refractivity contribution in [1.82, 2.24) is 0 Å². The van der Waals surface area contributed by atoms with E-state index in [4.69, 9.17) is 4.55 Å². The van der Waals surface area contributed by atoms with E-state index in [2.05, 4.69) is 6.07 Å². The van der Waals surface area contributed by atoms with Crippen LogP contribution in [0.1, 0.15) is 25.0 Å². The predicted octanol–water partition coefficient (Wildman–Crippen LogP) is 3.90. The SMILES string of the molecule is CC.Cc1cccc(N(C)Cc2cccc(S(=O)(=O)O)c2)c1. The number of hydrogen-bond donors (Lipinski definition) is 1. The summed E-state index contributed by atoms with van der Waals surface area (Å²) in [4.78, 5) is 1.95. The molecule has 2 aromatic carbocycles. The van der Waals surface area contributed by atoms with E-state index >= 15 is 0 Å². The second-order valence-electron chi connectivity index (χ2n) is 4.82. The summed E-state index contributed by atoms with van der Waals surface area (Å²) in [6.07, 6.45) is 0. The molecule has 0 spiro atoms. The van der Waals surface area contributed by atoms with Crippen molar-refractivity contribution in [3.05, 3.63) is 59.7 Å². The van der Waals surface area contributed by atoms with Crippen molar-refractivity contribution in [2.75, 3.05) is 11.9 Å². The van der Waals surface area contributed by atoms with E-state index in [9.17, 15) is 8.42 Å². The van der Waals surface area contributed by atoms with Crippen molar-refractivity contribution in [3.63, 3.8) is 0 Å². The van der Waals surface area contributed by atoms with Gasteiger partial charge in [0.2, 0.25) is 0 Å². The van der Waals surface area contributed by atoms with Gasteiger partial charge in [-0.2, -0.15) is 8.42 Å². The van der Waals surface area contributed by atoms with Gasteiger partial charge >= 0.3 is 0 Å². The molecule has 120 valence electrons. The first-order chi connectivity index (χ1) is 10.4. The van der Waals surface area contributed by atoms with E-state index in [0.717, 1.165) is 11.3 Å². The molecule has 22 heavy (non-hydrogen) atoms. The summed E-state index contributed by atoms with van der Waals surface area (Å²) in [6, 6.07) is 14.4. The third kappa shape index (κ3) is 5.16. The van der Waals surface area contributed by atoms with Crippen molar-refractivity contribution in [2.24, 2.45) is 0 Å². The Morgan fingerprint density at radius 2 is 1.68 bits per heavy atom. The minimum atomic E-state index is -4.15. The lowest BCUT2D eigenvalue weighted by atomic mass is 10.2. The Hall–Kier alpha value is -1.85. The molecule has 0 aromatic heterocycles. The monoisotopic (exact) mass is 321 g/mol. The summed E-state index contributed by atoms with van der Waals surface area (Å²) in [5.74, 6) is 0. The standard InChI is InChI=1S/C15H17NO3S.C2H6/c1-12-5-3-7-14(9-12)16(2)11-13-6-4-8-15(10-13)20(17,18)19;1-2/h3-10H,11H2,1-2H3,(H,17,18,19);1-2H3. The minimum Gasteiger partial charge on any atom is -0.370 e. The number of nitrogens with zero attached hydrogens (tertiary/aromatic N) is 1. The van der Waals surface area contributed by atoms with Gasteiger partial charge in [-0.15, -0.1) is 0 Å². The molecule has 0 aliphatic heterocycles. The fourth-order valence-corrected chi connectivity index (χ4v) is 2.59. The van der Waals surface area contributed by atoms with E-state index in [0.29, 0.717) is 6.54 Å². The second kappa shape index (κ2) is 7.96. The van der Waals surface area contributed by atoms with Crippen LogP contribution in [0.2, 0.25) is 0 Å². The minimum absolute atomic E-state index is 0.0763. The largest absolute Gasteiger partial charge is 0.370 e. The zero-order valence-electron chi connectivity index (χ0n) is 13.4. The van der Waals surface area contributed by atoms with Crippen LogP contribution in [0.25, 0.3) is 0 Å². The maximum absolute atomic E-state index is 11.1. The fourth-order valence-electron chi connectivity index (χ4n) is 2.03. The van der Waals surface area contributed by atoms with E-state index in [-0.39, 0.29) is 4.90 Å². The van der Waals surface area contributed by atoms with Crippen LogP contribution in [0.3, 0.4) is 0 Å². The van der Waals surface area contributed by atoms with Gasteiger partial charge in [0.15, 0.2) is 0 Å². The molecule has 0 bridgehead atoms. The van der Waals surface area contributed by atoms with E-state index in [1.807, 2.05) is 57.0 Å². The summed E-state index contributed by atoms with van der Waals surface area (Å²) in [7, 11) is -2.21. The Morgan fingerprint density at radius 1 is 1.05 bits per heavy atom. The van der Waals surface area contributed by atoms with Gasteiger partial charge in [-0.3, -0.25) is 4.55 Å². The van der Waals surface area contributed by atoms with Crippen molar-refractivity contribution < 1.29 is 13.0 Å². The zero-order chi connectivity index (χ0) is 16.8. The molecule has 0 heterocycles. The lowest BCUT2D eigenvalue weighted by molar-refractivity contribution is 0.483. The first-order valence-electron chi connectivity index (χ1n) is 7.20. The van der Waals surface area contributed by atoms with Crippen LogP contribution in [-0.4, -0.2) is 20.0 Å². The average molecular weight is 321 g/mol. The lowest BCUT2D eigenvalue weighted by Crippen LogP contribution is -2.16. The van der Waals surface area contributed by atoms with Crippen LogP contribution in [0.4, 0.5) is 5.69 Å². The van der Waals surface area contributed by atoms with Gasteiger partial charge in [-0.1, -0.05) is 38.1 Å². The maximum atomic E-state index is 11.1. The molecule has 2 rings (SSSR count). The third-order valence-corrected chi connectivity index (χ3v) is 3.91. The van der Waals surface area contributed by atoms with Crippen LogP contribution in [0.15, 0.2) is 53.4 Å². The molecule has 0 saturated carbocycles. The van der Waals surface area contributed by atoms with Gasteiger partial charge in [0, 0.05) is 19.3 Å². The van der Waals surface area contributed by atoms with Crippen molar-refractivity contribution in [3.8, 4) is 0 Å². The number of hydrogen-bond acceptors (Lipinski definition) is 3. The highest BCUT2D eigenvalue weighted by molar-refractivity contribution is 7.85. The van der Waals surface area contributed by atoms with Crippen LogP contribution in [0.5, 0.6) is 0 Å². The predicted molar refractivity (Wildman–Crippen MR) is 90.9 cm³/mol. The summed E-state index contributed by atoms with van der Waals surface area (Å²) in [6.45, 7) is 6.59. The molecule has 1 N–H and O–H groups in total. The number of anilines is 1. The van der Waals surface area contributed by atoms with Crippen LogP contribution in [0, 0.1) is 6.92 Å². The molecular weight excluding hydrogens is 298 g/mol. The van der Waals surface area contributed by atoms with E-state index < -0.39 is 10.1 Å². The number of benzene rings is 2. The van der Waals surface area contributed by atoms with E-state index in [1.165, 1.54) is 17.7 Å². The van der Waals surface area contributed by atoms with Crippen LogP contribution >= 0.6 is 0 Å².